The van der Waals surface area contributed by atoms with E-state index in [-0.39, 0.29) is 0 Å². The van der Waals surface area contributed by atoms with E-state index in [0.717, 1.165) is 17.5 Å². The van der Waals surface area contributed by atoms with Gasteiger partial charge in [0.05, 0.1) is 5.56 Å². The molecule has 1 saturated carbocycles. The summed E-state index contributed by atoms with van der Waals surface area (Å²) in [5.41, 5.74) is 2.49. The Hall–Kier alpha value is -1.77. The Balaban J connectivity index is 2.18. The number of aromatic nitrogens is 1. The zero-order valence-corrected chi connectivity index (χ0v) is 8.89. The van der Waals surface area contributed by atoms with E-state index >= 15 is 0 Å². The first-order chi connectivity index (χ1) is 7.75. The van der Waals surface area contributed by atoms with E-state index in [4.69, 9.17) is 0 Å². The molecule has 3 rings (SSSR count). The third kappa shape index (κ3) is 1.48. The lowest BCUT2D eigenvalue weighted by molar-refractivity contribution is 0.0696. The largest absolute Gasteiger partial charge is 0.478 e. The average molecular weight is 215 g/mol. The molecule has 2 aromatic rings. The Morgan fingerprint density at radius 2 is 2.25 bits per heavy atom. The van der Waals surface area contributed by atoms with Gasteiger partial charge >= 0.3 is 5.97 Å². The smallest absolute Gasteiger partial charge is 0.337 e. The Labute approximate surface area is 93.3 Å². The molecule has 2 heterocycles. The van der Waals surface area contributed by atoms with E-state index in [0.29, 0.717) is 11.5 Å². The fourth-order valence-electron chi connectivity index (χ4n) is 2.19. The molecule has 2 aromatic heterocycles. The van der Waals surface area contributed by atoms with Gasteiger partial charge in [0.1, 0.15) is 0 Å². The standard InChI is InChI=1S/C13H13NO2/c15-13(16)11-8-14-6-2-1-3-12(14)10(11)7-9-4-5-9/h1-3,6,8-9H,4-5,7H2,(H,15,16). The second-order valence-corrected chi connectivity index (χ2v) is 4.47. The van der Waals surface area contributed by atoms with Gasteiger partial charge in [-0.2, -0.15) is 0 Å². The summed E-state index contributed by atoms with van der Waals surface area (Å²) in [5.74, 6) is -0.121. The number of carboxylic acid groups (broad SMARTS) is 1. The Bertz CT molecular complexity index is 552. The lowest BCUT2D eigenvalue weighted by Gasteiger charge is -2.00. The Morgan fingerprint density at radius 3 is 2.94 bits per heavy atom. The first kappa shape index (κ1) is 9.46. The van der Waals surface area contributed by atoms with Crippen molar-refractivity contribution in [3.63, 3.8) is 0 Å². The highest BCUT2D eigenvalue weighted by Crippen LogP contribution is 2.35. The van der Waals surface area contributed by atoms with Gasteiger partial charge in [0.15, 0.2) is 0 Å². The number of hydrogen-bond acceptors (Lipinski definition) is 1. The van der Waals surface area contributed by atoms with Gasteiger partial charge in [-0.3, -0.25) is 0 Å². The Kier molecular flexibility index (Phi) is 1.99. The maximum absolute atomic E-state index is 11.2. The fraction of sp³-hybridized carbons (Fsp3) is 0.308. The molecule has 3 nitrogen and oxygen atoms in total. The van der Waals surface area contributed by atoms with E-state index in [1.54, 1.807) is 6.20 Å². The minimum absolute atomic E-state index is 0.457. The van der Waals surface area contributed by atoms with Gasteiger partial charge < -0.3 is 9.51 Å². The molecule has 0 unspecified atom stereocenters. The summed E-state index contributed by atoms with van der Waals surface area (Å²) in [6, 6.07) is 5.86. The fourth-order valence-corrected chi connectivity index (χ4v) is 2.19. The van der Waals surface area contributed by atoms with Crippen LogP contribution in [0.2, 0.25) is 0 Å². The number of nitrogens with zero attached hydrogens (tertiary/aromatic N) is 1. The van der Waals surface area contributed by atoms with Crippen molar-refractivity contribution in [2.45, 2.75) is 19.3 Å². The van der Waals surface area contributed by atoms with Gasteiger partial charge in [0, 0.05) is 17.9 Å². The molecule has 3 heteroatoms. The van der Waals surface area contributed by atoms with Crippen molar-refractivity contribution < 1.29 is 9.90 Å². The SMILES string of the molecule is O=C(O)c1cn2ccccc2c1CC1CC1. The minimum atomic E-state index is -0.820. The molecule has 0 saturated heterocycles. The van der Waals surface area contributed by atoms with Crippen LogP contribution in [0.3, 0.4) is 0 Å². The van der Waals surface area contributed by atoms with E-state index in [2.05, 4.69) is 0 Å². The van der Waals surface area contributed by atoms with Gasteiger partial charge in [-0.15, -0.1) is 0 Å². The lowest BCUT2D eigenvalue weighted by Crippen LogP contribution is -1.99. The van der Waals surface area contributed by atoms with Crippen molar-refractivity contribution in [3.05, 3.63) is 41.7 Å². The molecule has 1 fully saturated rings. The number of carboxylic acids is 1. The summed E-state index contributed by atoms with van der Waals surface area (Å²) in [6.45, 7) is 0. The number of hydrogen-bond donors (Lipinski definition) is 1. The first-order valence-electron chi connectivity index (χ1n) is 5.57. The summed E-state index contributed by atoms with van der Waals surface area (Å²) < 4.78 is 1.90. The quantitative estimate of drug-likeness (QED) is 0.855. The maximum atomic E-state index is 11.2. The van der Waals surface area contributed by atoms with Gasteiger partial charge in [-0.1, -0.05) is 6.07 Å². The molecule has 0 atom stereocenters. The highest BCUT2D eigenvalue weighted by Gasteiger charge is 2.26. The van der Waals surface area contributed by atoms with Gasteiger partial charge in [0.2, 0.25) is 0 Å². The summed E-state index contributed by atoms with van der Waals surface area (Å²) in [5, 5.41) is 9.19. The molecule has 0 spiro atoms. The van der Waals surface area contributed by atoms with Crippen LogP contribution >= 0.6 is 0 Å². The van der Waals surface area contributed by atoms with E-state index in [1.807, 2.05) is 28.8 Å². The molecule has 0 radical (unpaired) electrons. The van der Waals surface area contributed by atoms with Crippen LogP contribution < -0.4 is 0 Å². The number of fused-ring (bicyclic) bond motifs is 1. The van der Waals surface area contributed by atoms with Crippen molar-refractivity contribution in [1.82, 2.24) is 4.40 Å². The predicted octanol–water partition coefficient (Wildman–Crippen LogP) is 2.59. The molecule has 0 bridgehead atoms. The highest BCUT2D eigenvalue weighted by atomic mass is 16.4. The predicted molar refractivity (Wildman–Crippen MR) is 60.8 cm³/mol. The van der Waals surface area contributed by atoms with Crippen LogP contribution in [-0.4, -0.2) is 15.5 Å². The van der Waals surface area contributed by atoms with Gasteiger partial charge in [0.25, 0.3) is 0 Å². The molecule has 16 heavy (non-hydrogen) atoms. The molecule has 0 amide bonds. The third-order valence-corrected chi connectivity index (χ3v) is 3.21. The summed E-state index contributed by atoms with van der Waals surface area (Å²) in [4.78, 5) is 11.2. The van der Waals surface area contributed by atoms with E-state index in [1.165, 1.54) is 12.8 Å². The van der Waals surface area contributed by atoms with Crippen LogP contribution in [0, 0.1) is 5.92 Å². The Morgan fingerprint density at radius 1 is 1.44 bits per heavy atom. The van der Waals surface area contributed by atoms with E-state index < -0.39 is 5.97 Å². The molecule has 1 aliphatic rings. The molecule has 0 aliphatic heterocycles. The monoisotopic (exact) mass is 215 g/mol. The number of rotatable bonds is 3. The highest BCUT2D eigenvalue weighted by molar-refractivity contribution is 5.92. The number of pyridine rings is 1. The summed E-state index contributed by atoms with van der Waals surface area (Å²) >= 11 is 0. The first-order valence-corrected chi connectivity index (χ1v) is 5.57. The van der Waals surface area contributed by atoms with Crippen LogP contribution in [0.1, 0.15) is 28.8 Å². The molecular formula is C13H13NO2. The molecule has 1 N–H and O–H groups in total. The van der Waals surface area contributed by atoms with Crippen LogP contribution in [-0.2, 0) is 6.42 Å². The van der Waals surface area contributed by atoms with Crippen molar-refractivity contribution in [2.75, 3.05) is 0 Å². The topological polar surface area (TPSA) is 41.7 Å². The second kappa shape index (κ2) is 3.37. The zero-order chi connectivity index (χ0) is 11.1. The van der Waals surface area contributed by atoms with Crippen molar-refractivity contribution >= 4 is 11.5 Å². The van der Waals surface area contributed by atoms with Crippen molar-refractivity contribution in [1.29, 1.82) is 0 Å². The van der Waals surface area contributed by atoms with E-state index in [9.17, 15) is 9.90 Å². The third-order valence-electron chi connectivity index (χ3n) is 3.21. The van der Waals surface area contributed by atoms with Crippen molar-refractivity contribution in [3.8, 4) is 0 Å². The molecule has 1 aliphatic carbocycles. The van der Waals surface area contributed by atoms with Crippen LogP contribution in [0.25, 0.3) is 5.52 Å². The lowest BCUT2D eigenvalue weighted by atomic mass is 10.1. The second-order valence-electron chi connectivity index (χ2n) is 4.47. The van der Waals surface area contributed by atoms with Gasteiger partial charge in [-0.25, -0.2) is 4.79 Å². The summed E-state index contributed by atoms with van der Waals surface area (Å²) in [7, 11) is 0. The van der Waals surface area contributed by atoms with Gasteiger partial charge in [-0.05, 0) is 42.9 Å². The molecule has 82 valence electrons. The number of aromatic carboxylic acids is 1. The molecule has 0 aromatic carbocycles. The minimum Gasteiger partial charge on any atom is -0.478 e. The molecular weight excluding hydrogens is 202 g/mol. The zero-order valence-electron chi connectivity index (χ0n) is 8.89. The number of carbonyl (C=O) groups is 1. The van der Waals surface area contributed by atoms with Crippen molar-refractivity contribution in [2.24, 2.45) is 5.92 Å². The van der Waals surface area contributed by atoms with Crippen LogP contribution in [0.5, 0.6) is 0 Å². The normalized spacial score (nSPS) is 15.5. The van der Waals surface area contributed by atoms with Crippen LogP contribution in [0.4, 0.5) is 0 Å². The summed E-state index contributed by atoms with van der Waals surface area (Å²) in [6.07, 6.45) is 7.00. The average Bonchev–Trinajstić information content (AvgIpc) is 3.00. The maximum Gasteiger partial charge on any atom is 0.337 e. The van der Waals surface area contributed by atoms with Crippen LogP contribution in [0.15, 0.2) is 30.6 Å².